The Balaban J connectivity index is 1.48. The summed E-state index contributed by atoms with van der Waals surface area (Å²) in [4.78, 5) is 12.3. The molecule has 2 aliphatic rings. The van der Waals surface area contributed by atoms with Gasteiger partial charge in [-0.05, 0) is 57.6 Å². The maximum atomic E-state index is 5.42. The number of methoxy groups -OCH3 is 2. The molecule has 0 bridgehead atoms. The van der Waals surface area contributed by atoms with Crippen LogP contribution in [0.15, 0.2) is 23.2 Å². The number of rotatable bonds is 9. The first kappa shape index (κ1) is 24.6. The lowest BCUT2D eigenvalue weighted by Crippen LogP contribution is -2.45. The van der Waals surface area contributed by atoms with E-state index in [0.29, 0.717) is 6.04 Å². The Labute approximate surface area is 193 Å². The normalized spacial score (nSPS) is 21.4. The molecule has 0 spiro atoms. The Bertz CT molecular complexity index is 706. The summed E-state index contributed by atoms with van der Waals surface area (Å²) in [6.07, 6.45) is 2.36. The Hall–Kier alpha value is -2.03. The molecule has 0 radical (unpaired) electrons. The lowest BCUT2D eigenvalue weighted by molar-refractivity contribution is 0.283. The van der Waals surface area contributed by atoms with E-state index in [1.807, 2.05) is 6.07 Å². The highest BCUT2D eigenvalue weighted by atomic mass is 16.5. The number of aliphatic imine (C=N–C) groups is 1. The van der Waals surface area contributed by atoms with Crippen LogP contribution in [0.1, 0.15) is 25.3 Å². The van der Waals surface area contributed by atoms with Crippen LogP contribution in [-0.2, 0) is 6.54 Å². The number of nitrogens with zero attached hydrogens (tertiary/aromatic N) is 4. The van der Waals surface area contributed by atoms with E-state index in [0.717, 1.165) is 76.2 Å². The van der Waals surface area contributed by atoms with Crippen LogP contribution in [0.5, 0.6) is 11.5 Å². The van der Waals surface area contributed by atoms with E-state index in [1.165, 1.54) is 25.1 Å². The molecule has 180 valence electrons. The summed E-state index contributed by atoms with van der Waals surface area (Å²) in [7, 11) is 5.60. The van der Waals surface area contributed by atoms with Crippen molar-refractivity contribution in [3.05, 3.63) is 23.8 Å². The van der Waals surface area contributed by atoms with E-state index in [9.17, 15) is 0 Å². The van der Waals surface area contributed by atoms with Crippen molar-refractivity contribution in [3.63, 3.8) is 0 Å². The van der Waals surface area contributed by atoms with Crippen LogP contribution in [0.4, 0.5) is 0 Å². The predicted molar refractivity (Wildman–Crippen MR) is 131 cm³/mol. The van der Waals surface area contributed by atoms with Crippen LogP contribution in [0.2, 0.25) is 0 Å². The Morgan fingerprint density at radius 1 is 1.03 bits per heavy atom. The van der Waals surface area contributed by atoms with Gasteiger partial charge in [0.1, 0.15) is 11.5 Å². The van der Waals surface area contributed by atoms with Gasteiger partial charge >= 0.3 is 0 Å². The summed E-state index contributed by atoms with van der Waals surface area (Å²) in [6, 6.07) is 6.51. The fraction of sp³-hybridized carbons (Fsp3) is 0.708. The minimum absolute atomic E-state index is 0.409. The molecule has 8 nitrogen and oxygen atoms in total. The average molecular weight is 447 g/mol. The summed E-state index contributed by atoms with van der Waals surface area (Å²) in [5.74, 6) is 2.62. The molecule has 0 aromatic heterocycles. The van der Waals surface area contributed by atoms with Gasteiger partial charge in [-0.1, -0.05) is 0 Å². The van der Waals surface area contributed by atoms with Gasteiger partial charge in [0.2, 0.25) is 0 Å². The highest BCUT2D eigenvalue weighted by Crippen LogP contribution is 2.24. The van der Waals surface area contributed by atoms with Crippen molar-refractivity contribution in [1.29, 1.82) is 0 Å². The summed E-state index contributed by atoms with van der Waals surface area (Å²) in [6.45, 7) is 12.5. The van der Waals surface area contributed by atoms with Crippen molar-refractivity contribution in [2.45, 2.75) is 32.4 Å². The Morgan fingerprint density at radius 3 is 2.53 bits per heavy atom. The van der Waals surface area contributed by atoms with E-state index in [1.54, 1.807) is 14.2 Å². The topological polar surface area (TPSA) is 64.6 Å². The van der Waals surface area contributed by atoms with Crippen molar-refractivity contribution < 1.29 is 9.47 Å². The van der Waals surface area contributed by atoms with Crippen molar-refractivity contribution in [2.75, 3.05) is 80.2 Å². The maximum absolute atomic E-state index is 5.42. The number of hydrogen-bond donors (Lipinski definition) is 2. The van der Waals surface area contributed by atoms with Crippen LogP contribution in [-0.4, -0.2) is 107 Å². The van der Waals surface area contributed by atoms with Gasteiger partial charge < -0.3 is 29.9 Å². The molecule has 1 atom stereocenters. The third kappa shape index (κ3) is 7.83. The lowest BCUT2D eigenvalue weighted by atomic mass is 10.2. The molecule has 32 heavy (non-hydrogen) atoms. The zero-order valence-corrected chi connectivity index (χ0v) is 20.4. The minimum Gasteiger partial charge on any atom is -0.497 e. The summed E-state index contributed by atoms with van der Waals surface area (Å²) in [5.41, 5.74) is 1.21. The quantitative estimate of drug-likeness (QED) is 0.440. The molecule has 1 unspecified atom stereocenters. The summed E-state index contributed by atoms with van der Waals surface area (Å²) >= 11 is 0. The highest BCUT2D eigenvalue weighted by molar-refractivity contribution is 5.80. The summed E-state index contributed by atoms with van der Waals surface area (Å²) in [5, 5.41) is 7.08. The predicted octanol–water partition coefficient (Wildman–Crippen LogP) is 1.47. The monoisotopic (exact) mass is 446 g/mol. The Morgan fingerprint density at radius 2 is 1.81 bits per heavy atom. The van der Waals surface area contributed by atoms with Gasteiger partial charge in [-0.2, -0.15) is 0 Å². The fourth-order valence-corrected chi connectivity index (χ4v) is 4.45. The minimum atomic E-state index is 0.409. The second-order valence-electron chi connectivity index (χ2n) is 8.85. The summed E-state index contributed by atoms with van der Waals surface area (Å²) < 4.78 is 10.8. The second-order valence-corrected chi connectivity index (χ2v) is 8.85. The molecular weight excluding hydrogens is 404 g/mol. The Kier molecular flexibility index (Phi) is 9.89. The van der Waals surface area contributed by atoms with E-state index >= 15 is 0 Å². The van der Waals surface area contributed by atoms with E-state index in [2.05, 4.69) is 51.4 Å². The zero-order chi connectivity index (χ0) is 22.8. The first-order valence-electron chi connectivity index (χ1n) is 12.0. The lowest BCUT2D eigenvalue weighted by Gasteiger charge is -2.21. The van der Waals surface area contributed by atoms with Gasteiger partial charge in [0.25, 0.3) is 0 Å². The molecule has 1 aromatic carbocycles. The van der Waals surface area contributed by atoms with Crippen LogP contribution in [0.3, 0.4) is 0 Å². The number of likely N-dealkylation sites (N-methyl/N-ethyl adjacent to an activating group) is 1. The molecule has 8 heteroatoms. The number of nitrogens with one attached hydrogen (secondary N) is 2. The van der Waals surface area contributed by atoms with Crippen LogP contribution < -0.4 is 20.1 Å². The van der Waals surface area contributed by atoms with Gasteiger partial charge in [-0.25, -0.2) is 0 Å². The van der Waals surface area contributed by atoms with E-state index < -0.39 is 0 Å². The maximum Gasteiger partial charge on any atom is 0.191 e. The van der Waals surface area contributed by atoms with E-state index in [-0.39, 0.29) is 0 Å². The zero-order valence-electron chi connectivity index (χ0n) is 20.4. The number of likely N-dealkylation sites (tertiary alicyclic amines) is 1. The van der Waals surface area contributed by atoms with Crippen molar-refractivity contribution >= 4 is 5.96 Å². The molecular formula is C24H42N6O2. The number of guanidine groups is 1. The van der Waals surface area contributed by atoms with Crippen molar-refractivity contribution in [1.82, 2.24) is 25.3 Å². The molecule has 0 amide bonds. The highest BCUT2D eigenvalue weighted by Gasteiger charge is 2.23. The van der Waals surface area contributed by atoms with Crippen molar-refractivity contribution in [2.24, 2.45) is 4.99 Å². The third-order valence-electron chi connectivity index (χ3n) is 6.27. The third-order valence-corrected chi connectivity index (χ3v) is 6.27. The first-order valence-corrected chi connectivity index (χ1v) is 12.0. The second kappa shape index (κ2) is 12.9. The first-order chi connectivity index (χ1) is 15.6. The van der Waals surface area contributed by atoms with Crippen LogP contribution in [0, 0.1) is 0 Å². The molecule has 2 fully saturated rings. The van der Waals surface area contributed by atoms with E-state index in [4.69, 9.17) is 14.5 Å². The SMILES string of the molecule is CCNC(=NCCN1CCCN(C)CC1)NC1CCN(Cc2cc(OC)cc(OC)c2)C1. The molecule has 0 saturated carbocycles. The number of ether oxygens (including phenoxy) is 2. The van der Waals surface area contributed by atoms with Gasteiger partial charge in [0, 0.05) is 57.9 Å². The van der Waals surface area contributed by atoms with Crippen molar-refractivity contribution in [3.8, 4) is 11.5 Å². The molecule has 2 saturated heterocycles. The van der Waals surface area contributed by atoms with Gasteiger partial charge in [0.05, 0.1) is 20.8 Å². The number of benzene rings is 1. The number of hydrogen-bond acceptors (Lipinski definition) is 6. The smallest absolute Gasteiger partial charge is 0.191 e. The average Bonchev–Trinajstić information content (AvgIpc) is 3.12. The largest absolute Gasteiger partial charge is 0.497 e. The fourth-order valence-electron chi connectivity index (χ4n) is 4.45. The van der Waals surface area contributed by atoms with Gasteiger partial charge in [-0.3, -0.25) is 9.89 Å². The van der Waals surface area contributed by atoms with Gasteiger partial charge in [0.15, 0.2) is 5.96 Å². The van der Waals surface area contributed by atoms with Gasteiger partial charge in [-0.15, -0.1) is 0 Å². The van der Waals surface area contributed by atoms with Crippen LogP contribution >= 0.6 is 0 Å². The molecule has 0 aliphatic carbocycles. The molecule has 2 heterocycles. The molecule has 2 N–H and O–H groups in total. The standard InChI is InChI=1S/C24H42N6O2/c1-5-25-24(26-8-12-29-10-6-9-28(2)13-14-29)27-21-7-11-30(19-21)18-20-15-22(31-3)17-23(16-20)32-4/h15-17,21H,5-14,18-19H2,1-4H3,(H2,25,26,27). The molecule has 1 aromatic rings. The van der Waals surface area contributed by atoms with Crippen LogP contribution in [0.25, 0.3) is 0 Å². The molecule has 3 rings (SSSR count). The molecule has 2 aliphatic heterocycles.